The minimum atomic E-state index is 0.258. The lowest BCUT2D eigenvalue weighted by Gasteiger charge is -2.03. The number of aromatic nitrogens is 2. The summed E-state index contributed by atoms with van der Waals surface area (Å²) >= 11 is 0. The van der Waals surface area contributed by atoms with Crippen molar-refractivity contribution in [2.75, 3.05) is 6.54 Å². The van der Waals surface area contributed by atoms with E-state index in [0.29, 0.717) is 30.6 Å². The molecule has 0 fully saturated rings. The lowest BCUT2D eigenvalue weighted by molar-refractivity contribution is 0.362. The number of nitrogens with two attached hydrogens (primary N) is 1. The molecule has 2 rings (SSSR count). The fraction of sp³-hybridized carbons (Fsp3) is 0.429. The van der Waals surface area contributed by atoms with E-state index >= 15 is 0 Å². The summed E-state index contributed by atoms with van der Waals surface area (Å²) in [6, 6.07) is 7.00. The van der Waals surface area contributed by atoms with Crippen LogP contribution in [0.3, 0.4) is 0 Å². The van der Waals surface area contributed by atoms with Crippen molar-refractivity contribution < 1.29 is 9.63 Å². The van der Waals surface area contributed by atoms with E-state index in [2.05, 4.69) is 17.1 Å². The summed E-state index contributed by atoms with van der Waals surface area (Å²) in [4.78, 5) is 4.35. The second kappa shape index (κ2) is 6.33. The first kappa shape index (κ1) is 13.5. The van der Waals surface area contributed by atoms with Crippen LogP contribution in [0, 0.1) is 5.92 Å². The van der Waals surface area contributed by atoms with Gasteiger partial charge in [-0.1, -0.05) is 24.2 Å². The van der Waals surface area contributed by atoms with Crippen LogP contribution in [-0.2, 0) is 12.8 Å². The van der Waals surface area contributed by atoms with E-state index < -0.39 is 0 Å². The fourth-order valence-electron chi connectivity index (χ4n) is 1.75. The van der Waals surface area contributed by atoms with Gasteiger partial charge < -0.3 is 15.4 Å². The molecule has 0 aliphatic heterocycles. The van der Waals surface area contributed by atoms with Crippen LogP contribution in [-0.4, -0.2) is 21.8 Å². The molecule has 1 aromatic heterocycles. The maximum atomic E-state index is 9.21. The number of hydrogen-bond acceptors (Lipinski definition) is 5. The van der Waals surface area contributed by atoms with Gasteiger partial charge in [0.05, 0.1) is 0 Å². The number of benzene rings is 1. The highest BCUT2D eigenvalue weighted by molar-refractivity contribution is 5.27. The van der Waals surface area contributed by atoms with Gasteiger partial charge in [0.25, 0.3) is 0 Å². The Morgan fingerprint density at radius 1 is 1.32 bits per heavy atom. The third-order valence-corrected chi connectivity index (χ3v) is 3.06. The van der Waals surface area contributed by atoms with Crippen molar-refractivity contribution in [3.05, 3.63) is 41.5 Å². The highest BCUT2D eigenvalue weighted by Gasteiger charge is 2.08. The summed E-state index contributed by atoms with van der Waals surface area (Å²) in [6.45, 7) is 2.78. The normalized spacial score (nSPS) is 12.5. The molecule has 0 aliphatic rings. The monoisotopic (exact) mass is 261 g/mol. The van der Waals surface area contributed by atoms with E-state index in [1.807, 2.05) is 12.1 Å². The van der Waals surface area contributed by atoms with Crippen LogP contribution in [0.1, 0.15) is 30.6 Å². The van der Waals surface area contributed by atoms with Gasteiger partial charge in [-0.3, -0.25) is 0 Å². The first-order valence-corrected chi connectivity index (χ1v) is 6.47. The fourth-order valence-corrected chi connectivity index (χ4v) is 1.75. The zero-order valence-electron chi connectivity index (χ0n) is 11.0. The minimum Gasteiger partial charge on any atom is -0.508 e. The SMILES string of the molecule is CC(CN)CCc1nc(Cc2ccc(O)cc2)no1. The van der Waals surface area contributed by atoms with Gasteiger partial charge in [0.15, 0.2) is 5.82 Å². The van der Waals surface area contributed by atoms with Crippen molar-refractivity contribution in [1.82, 2.24) is 10.1 Å². The van der Waals surface area contributed by atoms with Gasteiger partial charge in [0, 0.05) is 12.8 Å². The molecular weight excluding hydrogens is 242 g/mol. The van der Waals surface area contributed by atoms with Gasteiger partial charge >= 0.3 is 0 Å². The smallest absolute Gasteiger partial charge is 0.226 e. The van der Waals surface area contributed by atoms with E-state index in [4.69, 9.17) is 10.3 Å². The zero-order valence-corrected chi connectivity index (χ0v) is 11.0. The topological polar surface area (TPSA) is 85.2 Å². The Labute approximate surface area is 112 Å². The Balaban J connectivity index is 1.91. The van der Waals surface area contributed by atoms with Crippen LogP contribution in [0.4, 0.5) is 0 Å². The Morgan fingerprint density at radius 3 is 2.74 bits per heavy atom. The molecular formula is C14H19N3O2. The summed E-state index contributed by atoms with van der Waals surface area (Å²) in [7, 11) is 0. The molecule has 1 heterocycles. The number of phenolic OH excluding ortho intramolecular Hbond substituents is 1. The lowest BCUT2D eigenvalue weighted by atomic mass is 10.1. The molecule has 0 amide bonds. The van der Waals surface area contributed by atoms with Crippen molar-refractivity contribution in [1.29, 1.82) is 0 Å². The van der Waals surface area contributed by atoms with Gasteiger partial charge in [0.1, 0.15) is 5.75 Å². The maximum Gasteiger partial charge on any atom is 0.226 e. The number of nitrogens with zero attached hydrogens (tertiary/aromatic N) is 2. The first-order chi connectivity index (χ1) is 9.17. The second-order valence-electron chi connectivity index (χ2n) is 4.83. The summed E-state index contributed by atoms with van der Waals surface area (Å²) in [5.41, 5.74) is 6.61. The predicted octanol–water partition coefficient (Wildman–Crippen LogP) is 1.89. The summed E-state index contributed by atoms with van der Waals surface area (Å²) in [6.07, 6.45) is 2.33. The van der Waals surface area contributed by atoms with Crippen LogP contribution in [0.15, 0.2) is 28.8 Å². The van der Waals surface area contributed by atoms with Crippen molar-refractivity contribution in [2.45, 2.75) is 26.2 Å². The molecule has 2 aromatic rings. The number of aryl methyl sites for hydroxylation is 1. The van der Waals surface area contributed by atoms with E-state index in [1.54, 1.807) is 12.1 Å². The quantitative estimate of drug-likeness (QED) is 0.829. The summed E-state index contributed by atoms with van der Waals surface area (Å²) in [5.74, 6) is 2.05. The molecule has 0 saturated carbocycles. The van der Waals surface area contributed by atoms with E-state index in [9.17, 15) is 5.11 Å². The van der Waals surface area contributed by atoms with Gasteiger partial charge in [-0.2, -0.15) is 4.98 Å². The molecule has 102 valence electrons. The molecule has 19 heavy (non-hydrogen) atoms. The highest BCUT2D eigenvalue weighted by atomic mass is 16.5. The lowest BCUT2D eigenvalue weighted by Crippen LogP contribution is -2.11. The summed E-state index contributed by atoms with van der Waals surface area (Å²) in [5, 5.41) is 13.2. The zero-order chi connectivity index (χ0) is 13.7. The minimum absolute atomic E-state index is 0.258. The number of rotatable bonds is 6. The van der Waals surface area contributed by atoms with E-state index in [-0.39, 0.29) is 5.75 Å². The standard InChI is InChI=1S/C14H19N3O2/c1-10(9-15)2-7-14-16-13(17-19-14)8-11-3-5-12(18)6-4-11/h3-6,10,18H,2,7-9,15H2,1H3. The van der Waals surface area contributed by atoms with Crippen molar-refractivity contribution in [3.8, 4) is 5.75 Å². The Hall–Kier alpha value is -1.88. The molecule has 3 N–H and O–H groups in total. The van der Waals surface area contributed by atoms with Crippen LogP contribution in [0.25, 0.3) is 0 Å². The first-order valence-electron chi connectivity index (χ1n) is 6.47. The van der Waals surface area contributed by atoms with Gasteiger partial charge in [-0.15, -0.1) is 0 Å². The molecule has 0 spiro atoms. The third kappa shape index (κ3) is 4.06. The molecule has 1 unspecified atom stereocenters. The van der Waals surface area contributed by atoms with Crippen LogP contribution in [0.2, 0.25) is 0 Å². The molecule has 0 aliphatic carbocycles. The molecule has 5 nitrogen and oxygen atoms in total. The molecule has 0 radical (unpaired) electrons. The molecule has 0 saturated heterocycles. The summed E-state index contributed by atoms with van der Waals surface area (Å²) < 4.78 is 5.20. The number of aromatic hydroxyl groups is 1. The van der Waals surface area contributed by atoms with Crippen LogP contribution in [0.5, 0.6) is 5.75 Å². The number of phenols is 1. The average Bonchev–Trinajstić information content (AvgIpc) is 2.86. The molecule has 0 bridgehead atoms. The van der Waals surface area contributed by atoms with E-state index in [1.165, 1.54) is 0 Å². The predicted molar refractivity (Wildman–Crippen MR) is 71.8 cm³/mol. The molecule has 5 heteroatoms. The van der Waals surface area contributed by atoms with Crippen molar-refractivity contribution >= 4 is 0 Å². The highest BCUT2D eigenvalue weighted by Crippen LogP contribution is 2.13. The van der Waals surface area contributed by atoms with E-state index in [0.717, 1.165) is 18.4 Å². The van der Waals surface area contributed by atoms with Crippen molar-refractivity contribution in [2.24, 2.45) is 11.7 Å². The largest absolute Gasteiger partial charge is 0.508 e. The van der Waals surface area contributed by atoms with Crippen LogP contribution >= 0.6 is 0 Å². The Kier molecular flexibility index (Phi) is 4.52. The van der Waals surface area contributed by atoms with Crippen molar-refractivity contribution in [3.63, 3.8) is 0 Å². The second-order valence-corrected chi connectivity index (χ2v) is 4.83. The van der Waals surface area contributed by atoms with Gasteiger partial charge in [-0.05, 0) is 36.6 Å². The Bertz CT molecular complexity index is 508. The number of hydrogen-bond donors (Lipinski definition) is 2. The van der Waals surface area contributed by atoms with Crippen LogP contribution < -0.4 is 5.73 Å². The maximum absolute atomic E-state index is 9.21. The average molecular weight is 261 g/mol. The Morgan fingerprint density at radius 2 is 2.05 bits per heavy atom. The van der Waals surface area contributed by atoms with Gasteiger partial charge in [-0.25, -0.2) is 0 Å². The molecule has 1 atom stereocenters. The third-order valence-electron chi connectivity index (χ3n) is 3.06. The molecule has 1 aromatic carbocycles. The van der Waals surface area contributed by atoms with Gasteiger partial charge in [0.2, 0.25) is 5.89 Å².